The van der Waals surface area contributed by atoms with Crippen LogP contribution < -0.4 is 14.8 Å². The number of likely N-dealkylation sites (tertiary alicyclic amines) is 1. The van der Waals surface area contributed by atoms with Gasteiger partial charge in [0.25, 0.3) is 0 Å². The van der Waals surface area contributed by atoms with Crippen molar-refractivity contribution in [3.8, 4) is 5.75 Å². The Hall–Kier alpha value is -2.72. The first kappa shape index (κ1) is 23.4. The number of carbonyl (C=O) groups excluding carboxylic acids is 1. The Morgan fingerprint density at radius 3 is 2.48 bits per heavy atom. The second-order valence-electron chi connectivity index (χ2n) is 7.90. The van der Waals surface area contributed by atoms with Crippen molar-refractivity contribution in [1.29, 1.82) is 0 Å². The first-order valence-corrected chi connectivity index (χ1v) is 13.1. The number of nitrogens with one attached hydrogen (secondary N) is 2. The number of carbonyl (C=O) groups is 1. The summed E-state index contributed by atoms with van der Waals surface area (Å²) in [6.45, 7) is 1.20. The number of piperidine rings is 1. The molecule has 2 heterocycles. The summed E-state index contributed by atoms with van der Waals surface area (Å²) in [6.07, 6.45) is 1.25. The number of ether oxygens (including phenoxy) is 1. The Bertz CT molecular complexity index is 1160. The molecule has 1 aliphatic heterocycles. The fourth-order valence-corrected chi connectivity index (χ4v) is 6.36. The van der Waals surface area contributed by atoms with E-state index in [1.165, 1.54) is 11.3 Å². The summed E-state index contributed by atoms with van der Waals surface area (Å²) < 4.78 is 33.6. The molecular formula is C24H27N3O4S2. The van der Waals surface area contributed by atoms with Crippen LogP contribution in [0, 0.1) is 0 Å². The number of amides is 1. The van der Waals surface area contributed by atoms with Crippen molar-refractivity contribution in [2.24, 2.45) is 0 Å². The lowest BCUT2D eigenvalue weighted by atomic mass is 9.99. The first-order valence-electron chi connectivity index (χ1n) is 10.8. The summed E-state index contributed by atoms with van der Waals surface area (Å²) >= 11 is 1.21. The van der Waals surface area contributed by atoms with E-state index >= 15 is 0 Å². The molecule has 0 radical (unpaired) electrons. The normalized spacial score (nSPS) is 16.3. The molecule has 4 rings (SSSR count). The third-order valence-corrected chi connectivity index (χ3v) is 8.60. The molecule has 0 aliphatic carbocycles. The van der Waals surface area contributed by atoms with Crippen molar-refractivity contribution in [2.45, 2.75) is 29.1 Å². The zero-order valence-corrected chi connectivity index (χ0v) is 19.9. The highest BCUT2D eigenvalue weighted by Crippen LogP contribution is 2.28. The van der Waals surface area contributed by atoms with Crippen LogP contribution >= 0.6 is 11.3 Å². The number of anilines is 1. The number of sulfonamides is 1. The van der Waals surface area contributed by atoms with Crippen LogP contribution in [-0.4, -0.2) is 45.5 Å². The molecule has 1 aliphatic rings. The summed E-state index contributed by atoms with van der Waals surface area (Å²) in [4.78, 5) is 15.5. The van der Waals surface area contributed by atoms with E-state index in [0.29, 0.717) is 41.6 Å². The van der Waals surface area contributed by atoms with Crippen molar-refractivity contribution in [1.82, 2.24) is 9.62 Å². The molecule has 0 bridgehead atoms. The lowest BCUT2D eigenvalue weighted by Crippen LogP contribution is -2.47. The van der Waals surface area contributed by atoms with E-state index in [1.54, 1.807) is 30.7 Å². The van der Waals surface area contributed by atoms with Gasteiger partial charge in [0.15, 0.2) is 0 Å². The Labute approximate surface area is 198 Å². The van der Waals surface area contributed by atoms with Gasteiger partial charge in [0.2, 0.25) is 15.9 Å². The van der Waals surface area contributed by atoms with Crippen LogP contribution in [0.4, 0.5) is 5.69 Å². The van der Waals surface area contributed by atoms with Crippen LogP contribution in [0.1, 0.15) is 24.4 Å². The van der Waals surface area contributed by atoms with Crippen molar-refractivity contribution in [2.75, 3.05) is 25.5 Å². The topological polar surface area (TPSA) is 87.7 Å². The molecule has 2 aromatic carbocycles. The summed E-state index contributed by atoms with van der Waals surface area (Å²) in [5.41, 5.74) is 1.56. The first-order chi connectivity index (χ1) is 16.0. The van der Waals surface area contributed by atoms with Gasteiger partial charge in [-0.15, -0.1) is 11.3 Å². The van der Waals surface area contributed by atoms with Gasteiger partial charge < -0.3 is 10.1 Å². The van der Waals surface area contributed by atoms with Crippen molar-refractivity contribution in [3.05, 3.63) is 77.7 Å². The van der Waals surface area contributed by atoms with Gasteiger partial charge in [0.05, 0.1) is 7.11 Å². The van der Waals surface area contributed by atoms with E-state index in [-0.39, 0.29) is 11.9 Å². The lowest BCUT2D eigenvalue weighted by Gasteiger charge is -2.37. The smallest absolute Gasteiger partial charge is 0.250 e. The average Bonchev–Trinajstić information content (AvgIpc) is 3.37. The van der Waals surface area contributed by atoms with E-state index in [1.807, 2.05) is 48.5 Å². The highest BCUT2D eigenvalue weighted by Gasteiger charge is 2.32. The Balaban J connectivity index is 1.46. The third-order valence-electron chi connectivity index (χ3n) is 5.68. The number of nitrogens with zero attached hydrogens (tertiary/aromatic N) is 1. The molecule has 0 spiro atoms. The zero-order valence-electron chi connectivity index (χ0n) is 18.3. The molecular weight excluding hydrogens is 458 g/mol. The molecule has 33 heavy (non-hydrogen) atoms. The highest BCUT2D eigenvalue weighted by molar-refractivity contribution is 7.91. The van der Waals surface area contributed by atoms with E-state index in [4.69, 9.17) is 4.74 Å². The SMILES string of the molecule is COc1cccc(NC(=O)C(c2ccccc2)N2CCC(NS(=O)(=O)c3cccs3)CC2)c1. The van der Waals surface area contributed by atoms with Gasteiger partial charge in [-0.3, -0.25) is 9.69 Å². The van der Waals surface area contributed by atoms with Crippen molar-refractivity contribution in [3.63, 3.8) is 0 Å². The maximum atomic E-state index is 13.4. The minimum Gasteiger partial charge on any atom is -0.497 e. The highest BCUT2D eigenvalue weighted by atomic mass is 32.2. The quantitative estimate of drug-likeness (QED) is 0.506. The number of rotatable bonds is 8. The van der Waals surface area contributed by atoms with E-state index in [0.717, 1.165) is 5.56 Å². The van der Waals surface area contributed by atoms with Crippen LogP contribution in [-0.2, 0) is 14.8 Å². The van der Waals surface area contributed by atoms with Gasteiger partial charge in [-0.25, -0.2) is 13.1 Å². The molecule has 0 saturated carbocycles. The molecule has 9 heteroatoms. The molecule has 174 valence electrons. The number of hydrogen-bond acceptors (Lipinski definition) is 6. The van der Waals surface area contributed by atoms with Gasteiger partial charge in [0.1, 0.15) is 16.0 Å². The van der Waals surface area contributed by atoms with E-state index in [9.17, 15) is 13.2 Å². The summed E-state index contributed by atoms with van der Waals surface area (Å²) in [6, 6.07) is 19.6. The Morgan fingerprint density at radius 1 is 1.06 bits per heavy atom. The third kappa shape index (κ3) is 5.80. The van der Waals surface area contributed by atoms with Gasteiger partial charge in [-0.2, -0.15) is 0 Å². The number of benzene rings is 2. The zero-order chi connectivity index (χ0) is 23.3. The predicted molar refractivity (Wildman–Crippen MR) is 130 cm³/mol. The monoisotopic (exact) mass is 485 g/mol. The molecule has 1 saturated heterocycles. The minimum atomic E-state index is -3.51. The lowest BCUT2D eigenvalue weighted by molar-refractivity contribution is -0.122. The van der Waals surface area contributed by atoms with E-state index < -0.39 is 16.1 Å². The second-order valence-corrected chi connectivity index (χ2v) is 10.8. The van der Waals surface area contributed by atoms with Crippen LogP contribution in [0.3, 0.4) is 0 Å². The maximum Gasteiger partial charge on any atom is 0.250 e. The molecule has 3 aromatic rings. The van der Waals surface area contributed by atoms with Gasteiger partial charge in [0, 0.05) is 30.9 Å². The summed E-state index contributed by atoms with van der Waals surface area (Å²) in [7, 11) is -1.92. The Kier molecular flexibility index (Phi) is 7.44. The molecule has 2 N–H and O–H groups in total. The molecule has 1 amide bonds. The molecule has 1 atom stereocenters. The van der Waals surface area contributed by atoms with Crippen LogP contribution in [0.5, 0.6) is 5.75 Å². The Morgan fingerprint density at radius 2 is 1.82 bits per heavy atom. The number of methoxy groups -OCH3 is 1. The van der Waals surface area contributed by atoms with Crippen LogP contribution in [0.2, 0.25) is 0 Å². The molecule has 1 unspecified atom stereocenters. The average molecular weight is 486 g/mol. The van der Waals surface area contributed by atoms with E-state index in [2.05, 4.69) is 14.9 Å². The largest absolute Gasteiger partial charge is 0.497 e. The van der Waals surface area contributed by atoms with Crippen LogP contribution in [0.25, 0.3) is 0 Å². The second kappa shape index (κ2) is 10.5. The van der Waals surface area contributed by atoms with Gasteiger partial charge in [-0.1, -0.05) is 42.5 Å². The number of thiophene rings is 1. The standard InChI is InChI=1S/C24H27N3O4S2/c1-31-21-10-5-9-20(17-21)25-24(28)23(18-7-3-2-4-8-18)27-14-12-19(13-15-27)26-33(29,30)22-11-6-16-32-22/h2-11,16-17,19,23,26H,12-15H2,1H3,(H,25,28). The molecule has 1 fully saturated rings. The van der Waals surface area contributed by atoms with Gasteiger partial charge in [-0.05, 0) is 42.0 Å². The van der Waals surface area contributed by atoms with Crippen molar-refractivity contribution < 1.29 is 17.9 Å². The molecule has 7 nitrogen and oxygen atoms in total. The fraction of sp³-hybridized carbons (Fsp3) is 0.292. The van der Waals surface area contributed by atoms with Gasteiger partial charge >= 0.3 is 0 Å². The number of hydrogen-bond donors (Lipinski definition) is 2. The minimum absolute atomic E-state index is 0.132. The predicted octanol–water partition coefficient (Wildman–Crippen LogP) is 3.88. The fourth-order valence-electron chi connectivity index (χ4n) is 4.04. The van der Waals surface area contributed by atoms with Crippen molar-refractivity contribution >= 4 is 33.0 Å². The molecule has 1 aromatic heterocycles. The summed E-state index contributed by atoms with van der Waals surface area (Å²) in [5, 5.41) is 4.76. The van der Waals surface area contributed by atoms with Crippen LogP contribution in [0.15, 0.2) is 76.3 Å². The maximum absolute atomic E-state index is 13.4. The summed E-state index contributed by atoms with van der Waals surface area (Å²) in [5.74, 6) is 0.537.